The summed E-state index contributed by atoms with van der Waals surface area (Å²) in [5.41, 5.74) is 3.68. The maximum Gasteiger partial charge on any atom is 0.142 e. The Labute approximate surface area is 80.6 Å². The van der Waals surface area contributed by atoms with Gasteiger partial charge in [-0.2, -0.15) is 5.48 Å². The number of hydrogen-bond donors (Lipinski definition) is 1. The molecule has 1 saturated heterocycles. The van der Waals surface area contributed by atoms with Crippen molar-refractivity contribution in [1.29, 1.82) is 0 Å². The van der Waals surface area contributed by atoms with Gasteiger partial charge in [-0.15, -0.1) is 0 Å². The second-order valence-corrected chi connectivity index (χ2v) is 3.39. The van der Waals surface area contributed by atoms with Crippen LogP contribution in [0.5, 0.6) is 0 Å². The molecule has 0 spiro atoms. The van der Waals surface area contributed by atoms with E-state index in [2.05, 4.69) is 5.48 Å². The quantitative estimate of drug-likeness (QED) is 0.754. The zero-order valence-corrected chi connectivity index (χ0v) is 7.64. The first-order chi connectivity index (χ1) is 6.27. The van der Waals surface area contributed by atoms with Crippen LogP contribution in [-0.4, -0.2) is 6.61 Å². The summed E-state index contributed by atoms with van der Waals surface area (Å²) in [6, 6.07) is 4.89. The van der Waals surface area contributed by atoms with Crippen LogP contribution in [0.3, 0.4) is 0 Å². The maximum absolute atomic E-state index is 13.0. The predicted molar refractivity (Wildman–Crippen MR) is 47.9 cm³/mol. The molecule has 1 atom stereocenters. The Hall–Kier alpha value is -0.640. The summed E-state index contributed by atoms with van der Waals surface area (Å²) in [4.78, 5) is 4.98. The highest BCUT2D eigenvalue weighted by molar-refractivity contribution is 6.30. The van der Waals surface area contributed by atoms with Crippen LogP contribution in [0.25, 0.3) is 0 Å². The van der Waals surface area contributed by atoms with Crippen LogP contribution in [0.15, 0.2) is 18.2 Å². The summed E-state index contributed by atoms with van der Waals surface area (Å²) in [6.07, 6.45) is 0.862. The number of hydrogen-bond acceptors (Lipinski definition) is 2. The Morgan fingerprint density at radius 3 is 3.00 bits per heavy atom. The Morgan fingerprint density at radius 1 is 1.54 bits per heavy atom. The molecular formula is C9H9ClFNO. The molecule has 13 heavy (non-hydrogen) atoms. The number of rotatable bonds is 1. The number of hydroxylamine groups is 1. The molecule has 1 N–H and O–H groups in total. The van der Waals surface area contributed by atoms with Crippen molar-refractivity contribution in [3.05, 3.63) is 34.6 Å². The highest BCUT2D eigenvalue weighted by Gasteiger charge is 2.17. The van der Waals surface area contributed by atoms with E-state index < -0.39 is 0 Å². The smallest absolute Gasteiger partial charge is 0.142 e. The van der Waals surface area contributed by atoms with E-state index in [1.807, 2.05) is 0 Å². The van der Waals surface area contributed by atoms with Crippen molar-refractivity contribution in [1.82, 2.24) is 5.48 Å². The Kier molecular flexibility index (Phi) is 2.49. The summed E-state index contributed by atoms with van der Waals surface area (Å²) in [5.74, 6) is -0.382. The van der Waals surface area contributed by atoms with Gasteiger partial charge in [-0.25, -0.2) is 4.39 Å². The van der Waals surface area contributed by atoms with E-state index >= 15 is 0 Å². The lowest BCUT2D eigenvalue weighted by molar-refractivity contribution is 0.0882. The van der Waals surface area contributed by atoms with Crippen LogP contribution < -0.4 is 5.48 Å². The lowest BCUT2D eigenvalue weighted by Crippen LogP contribution is -2.11. The fourth-order valence-electron chi connectivity index (χ4n) is 1.36. The van der Waals surface area contributed by atoms with E-state index in [1.165, 1.54) is 6.07 Å². The summed E-state index contributed by atoms with van der Waals surface area (Å²) >= 11 is 5.56. The van der Waals surface area contributed by atoms with Gasteiger partial charge >= 0.3 is 0 Å². The Balaban J connectivity index is 2.25. The van der Waals surface area contributed by atoms with Crippen LogP contribution in [0.1, 0.15) is 18.0 Å². The third-order valence-electron chi connectivity index (χ3n) is 2.08. The highest BCUT2D eigenvalue weighted by atomic mass is 35.5. The molecule has 1 aliphatic heterocycles. The van der Waals surface area contributed by atoms with Gasteiger partial charge in [0.2, 0.25) is 0 Å². The molecule has 0 aliphatic carbocycles. The molecule has 0 amide bonds. The number of nitrogens with one attached hydrogen (secondary N) is 1. The summed E-state index contributed by atoms with van der Waals surface area (Å²) in [6.45, 7) is 0.662. The first kappa shape index (κ1) is 8.94. The van der Waals surface area contributed by atoms with Gasteiger partial charge in [0.05, 0.1) is 17.7 Å². The minimum atomic E-state index is -0.382. The second-order valence-electron chi connectivity index (χ2n) is 2.98. The molecule has 0 unspecified atom stereocenters. The first-order valence-electron chi connectivity index (χ1n) is 4.09. The minimum absolute atomic E-state index is 0.0896. The van der Waals surface area contributed by atoms with Crippen molar-refractivity contribution in [3.63, 3.8) is 0 Å². The fourth-order valence-corrected chi connectivity index (χ4v) is 1.48. The van der Waals surface area contributed by atoms with E-state index in [1.54, 1.807) is 12.1 Å². The monoisotopic (exact) mass is 201 g/mol. The average molecular weight is 202 g/mol. The molecule has 2 rings (SSSR count). The molecule has 1 aromatic carbocycles. The maximum atomic E-state index is 13.0. The van der Waals surface area contributed by atoms with E-state index in [4.69, 9.17) is 16.4 Å². The van der Waals surface area contributed by atoms with Crippen LogP contribution >= 0.6 is 11.6 Å². The molecule has 1 aromatic rings. The molecule has 0 saturated carbocycles. The van der Waals surface area contributed by atoms with Crippen LogP contribution in [-0.2, 0) is 4.84 Å². The zero-order chi connectivity index (χ0) is 9.26. The lowest BCUT2D eigenvalue weighted by atomic mass is 10.1. The van der Waals surface area contributed by atoms with Crippen molar-refractivity contribution >= 4 is 11.6 Å². The van der Waals surface area contributed by atoms with Gasteiger partial charge in [0.15, 0.2) is 0 Å². The van der Waals surface area contributed by atoms with E-state index in [0.717, 1.165) is 12.0 Å². The van der Waals surface area contributed by atoms with Gasteiger partial charge in [-0.05, 0) is 24.1 Å². The van der Waals surface area contributed by atoms with Gasteiger partial charge in [0.25, 0.3) is 0 Å². The molecule has 0 radical (unpaired) electrons. The van der Waals surface area contributed by atoms with Gasteiger partial charge in [0, 0.05) is 0 Å². The normalized spacial score (nSPS) is 22.2. The van der Waals surface area contributed by atoms with Crippen molar-refractivity contribution in [2.75, 3.05) is 6.61 Å². The van der Waals surface area contributed by atoms with Crippen LogP contribution in [0, 0.1) is 5.82 Å². The molecular weight excluding hydrogens is 193 g/mol. The molecule has 0 bridgehead atoms. The van der Waals surface area contributed by atoms with E-state index in [9.17, 15) is 4.39 Å². The number of benzene rings is 1. The zero-order valence-electron chi connectivity index (χ0n) is 6.89. The minimum Gasteiger partial charge on any atom is -0.301 e. The Bertz CT molecular complexity index is 312. The van der Waals surface area contributed by atoms with E-state index in [-0.39, 0.29) is 16.9 Å². The Morgan fingerprint density at radius 2 is 2.38 bits per heavy atom. The topological polar surface area (TPSA) is 21.3 Å². The fraction of sp³-hybridized carbons (Fsp3) is 0.333. The molecule has 1 fully saturated rings. The van der Waals surface area contributed by atoms with Gasteiger partial charge in [-0.1, -0.05) is 17.7 Å². The first-order valence-corrected chi connectivity index (χ1v) is 4.47. The lowest BCUT2D eigenvalue weighted by Gasteiger charge is -2.08. The average Bonchev–Trinajstić information content (AvgIpc) is 2.62. The second kappa shape index (κ2) is 3.62. The molecule has 70 valence electrons. The third kappa shape index (κ3) is 1.82. The van der Waals surface area contributed by atoms with E-state index in [0.29, 0.717) is 6.61 Å². The summed E-state index contributed by atoms with van der Waals surface area (Å²) in [5, 5.41) is 0.155. The van der Waals surface area contributed by atoms with Crippen LogP contribution in [0.4, 0.5) is 4.39 Å². The highest BCUT2D eigenvalue weighted by Crippen LogP contribution is 2.24. The number of halogens is 2. The van der Waals surface area contributed by atoms with Gasteiger partial charge in [0.1, 0.15) is 5.82 Å². The molecule has 1 aliphatic rings. The van der Waals surface area contributed by atoms with Crippen LogP contribution in [0.2, 0.25) is 5.02 Å². The van der Waals surface area contributed by atoms with Crippen molar-refractivity contribution < 1.29 is 9.23 Å². The third-order valence-corrected chi connectivity index (χ3v) is 2.39. The molecule has 4 heteroatoms. The summed E-state index contributed by atoms with van der Waals surface area (Å²) < 4.78 is 13.0. The van der Waals surface area contributed by atoms with Gasteiger partial charge < -0.3 is 4.84 Å². The largest absolute Gasteiger partial charge is 0.301 e. The van der Waals surface area contributed by atoms with Crippen molar-refractivity contribution in [3.8, 4) is 0 Å². The van der Waals surface area contributed by atoms with Gasteiger partial charge in [-0.3, -0.25) is 0 Å². The molecule has 0 aromatic heterocycles. The van der Waals surface area contributed by atoms with Crippen molar-refractivity contribution in [2.24, 2.45) is 0 Å². The standard InChI is InChI=1S/C9H9ClFNO/c10-7-2-1-6(5-8(7)11)9-3-4-13-12-9/h1-2,5,9,12H,3-4H2/t9-/m1/s1. The molecule has 2 nitrogen and oxygen atoms in total. The summed E-state index contributed by atoms with van der Waals surface area (Å²) in [7, 11) is 0. The SMILES string of the molecule is Fc1cc([C@H]2CCON2)ccc1Cl. The van der Waals surface area contributed by atoms with Crippen molar-refractivity contribution in [2.45, 2.75) is 12.5 Å². The predicted octanol–water partition coefficient (Wildman–Crippen LogP) is 2.45. The molecule has 1 heterocycles.